The van der Waals surface area contributed by atoms with Gasteiger partial charge in [-0.1, -0.05) is 24.3 Å². The SMILES string of the molecule is Cc1ccccc1Cn1cccc(C(=O)Nc2nccs2)c1=O. The molecule has 0 aliphatic heterocycles. The van der Waals surface area contributed by atoms with Crippen LogP contribution in [0, 0.1) is 6.92 Å². The van der Waals surface area contributed by atoms with E-state index in [-0.39, 0.29) is 11.1 Å². The molecule has 0 unspecified atom stereocenters. The Bertz CT molecular complexity index is 885. The van der Waals surface area contributed by atoms with E-state index in [1.54, 1.807) is 28.4 Å². The second-order valence-corrected chi connectivity index (χ2v) is 5.97. The summed E-state index contributed by atoms with van der Waals surface area (Å²) in [5, 5.41) is 4.87. The normalized spacial score (nSPS) is 10.5. The van der Waals surface area contributed by atoms with Crippen LogP contribution < -0.4 is 10.9 Å². The number of thiazole rings is 1. The molecule has 116 valence electrons. The van der Waals surface area contributed by atoms with Gasteiger partial charge in [0.1, 0.15) is 5.56 Å². The minimum atomic E-state index is -0.441. The fourth-order valence-electron chi connectivity index (χ4n) is 2.25. The van der Waals surface area contributed by atoms with Crippen molar-refractivity contribution in [3.63, 3.8) is 0 Å². The molecule has 0 fully saturated rings. The summed E-state index contributed by atoms with van der Waals surface area (Å²) in [5.74, 6) is -0.441. The summed E-state index contributed by atoms with van der Waals surface area (Å²) in [7, 11) is 0. The number of hydrogen-bond acceptors (Lipinski definition) is 4. The molecule has 5 nitrogen and oxygen atoms in total. The van der Waals surface area contributed by atoms with Crippen LogP contribution in [-0.4, -0.2) is 15.5 Å². The van der Waals surface area contributed by atoms with Crippen molar-refractivity contribution in [2.45, 2.75) is 13.5 Å². The fourth-order valence-corrected chi connectivity index (χ4v) is 2.78. The van der Waals surface area contributed by atoms with Crippen LogP contribution in [0.1, 0.15) is 21.5 Å². The van der Waals surface area contributed by atoms with Gasteiger partial charge in [-0.3, -0.25) is 14.9 Å². The molecule has 0 aliphatic carbocycles. The van der Waals surface area contributed by atoms with Crippen LogP contribution in [0.3, 0.4) is 0 Å². The summed E-state index contributed by atoms with van der Waals surface area (Å²) in [5.41, 5.74) is 1.95. The molecular formula is C17H15N3O2S. The molecule has 3 aromatic rings. The quantitative estimate of drug-likeness (QED) is 0.802. The van der Waals surface area contributed by atoms with E-state index in [1.807, 2.05) is 31.2 Å². The zero-order chi connectivity index (χ0) is 16.2. The molecule has 0 spiro atoms. The first kappa shape index (κ1) is 15.2. The highest BCUT2D eigenvalue weighted by molar-refractivity contribution is 7.13. The Morgan fingerprint density at radius 3 is 2.83 bits per heavy atom. The first-order valence-electron chi connectivity index (χ1n) is 7.10. The number of nitrogens with one attached hydrogen (secondary N) is 1. The maximum atomic E-state index is 12.5. The van der Waals surface area contributed by atoms with E-state index in [4.69, 9.17) is 0 Å². The van der Waals surface area contributed by atoms with Gasteiger partial charge in [0.15, 0.2) is 5.13 Å². The molecule has 1 N–H and O–H groups in total. The molecule has 0 aliphatic rings. The zero-order valence-corrected chi connectivity index (χ0v) is 13.3. The average molecular weight is 325 g/mol. The van der Waals surface area contributed by atoms with Crippen molar-refractivity contribution in [1.29, 1.82) is 0 Å². The molecule has 0 saturated heterocycles. The Hall–Kier alpha value is -2.73. The van der Waals surface area contributed by atoms with E-state index in [0.29, 0.717) is 11.7 Å². The lowest BCUT2D eigenvalue weighted by molar-refractivity contribution is 0.102. The number of amides is 1. The number of pyridine rings is 1. The number of rotatable bonds is 4. The molecule has 0 radical (unpaired) electrons. The second kappa shape index (κ2) is 6.58. The minimum Gasteiger partial charge on any atom is -0.310 e. The molecule has 6 heteroatoms. The van der Waals surface area contributed by atoms with E-state index in [0.717, 1.165) is 11.1 Å². The highest BCUT2D eigenvalue weighted by Gasteiger charge is 2.13. The van der Waals surface area contributed by atoms with Gasteiger partial charge in [-0.05, 0) is 30.2 Å². The Morgan fingerprint density at radius 1 is 1.26 bits per heavy atom. The number of nitrogens with zero attached hydrogens (tertiary/aromatic N) is 2. The van der Waals surface area contributed by atoms with Gasteiger partial charge >= 0.3 is 0 Å². The third kappa shape index (κ3) is 3.37. The summed E-state index contributed by atoms with van der Waals surface area (Å²) >= 11 is 1.31. The Morgan fingerprint density at radius 2 is 2.09 bits per heavy atom. The van der Waals surface area contributed by atoms with Crippen molar-refractivity contribution in [2.75, 3.05) is 5.32 Å². The molecule has 0 atom stereocenters. The van der Waals surface area contributed by atoms with Crippen molar-refractivity contribution in [3.05, 3.63) is 81.2 Å². The first-order chi connectivity index (χ1) is 11.1. The van der Waals surface area contributed by atoms with Crippen molar-refractivity contribution in [1.82, 2.24) is 9.55 Å². The zero-order valence-electron chi connectivity index (χ0n) is 12.5. The molecule has 2 aromatic heterocycles. The average Bonchev–Trinajstić information content (AvgIpc) is 3.04. The summed E-state index contributed by atoms with van der Waals surface area (Å²) in [6.07, 6.45) is 3.29. The van der Waals surface area contributed by atoms with Gasteiger partial charge < -0.3 is 4.57 Å². The minimum absolute atomic E-state index is 0.108. The molecule has 2 heterocycles. The molecule has 3 rings (SSSR count). The van der Waals surface area contributed by atoms with Crippen molar-refractivity contribution in [3.8, 4) is 0 Å². The number of carbonyl (C=O) groups excluding carboxylic acids is 1. The highest BCUT2D eigenvalue weighted by atomic mass is 32.1. The van der Waals surface area contributed by atoms with E-state index in [1.165, 1.54) is 17.4 Å². The third-order valence-corrected chi connectivity index (χ3v) is 4.21. The summed E-state index contributed by atoms with van der Waals surface area (Å²) in [6, 6.07) is 11.1. The number of aryl methyl sites for hydroxylation is 1. The number of aromatic nitrogens is 2. The second-order valence-electron chi connectivity index (χ2n) is 5.07. The van der Waals surface area contributed by atoms with E-state index in [9.17, 15) is 9.59 Å². The van der Waals surface area contributed by atoms with Crippen LogP contribution >= 0.6 is 11.3 Å². The number of hydrogen-bond donors (Lipinski definition) is 1. The van der Waals surface area contributed by atoms with Gasteiger partial charge in [0.2, 0.25) is 0 Å². The maximum absolute atomic E-state index is 12.5. The largest absolute Gasteiger partial charge is 0.310 e. The van der Waals surface area contributed by atoms with E-state index >= 15 is 0 Å². The summed E-state index contributed by atoms with van der Waals surface area (Å²) in [4.78, 5) is 28.8. The Labute approximate surface area is 137 Å². The standard InChI is InChI=1S/C17H15N3O2S/c1-12-5-2-3-6-13(12)11-20-9-4-7-14(16(20)22)15(21)19-17-18-8-10-23-17/h2-10H,11H2,1H3,(H,18,19,21). The smallest absolute Gasteiger partial charge is 0.263 e. The van der Waals surface area contributed by atoms with Gasteiger partial charge in [-0.15, -0.1) is 11.3 Å². The van der Waals surface area contributed by atoms with Gasteiger partial charge in [0.05, 0.1) is 6.54 Å². The van der Waals surface area contributed by atoms with Gasteiger partial charge in [0.25, 0.3) is 11.5 Å². The van der Waals surface area contributed by atoms with E-state index in [2.05, 4.69) is 10.3 Å². The van der Waals surface area contributed by atoms with Crippen molar-refractivity contribution in [2.24, 2.45) is 0 Å². The number of anilines is 1. The Kier molecular flexibility index (Phi) is 4.34. The molecule has 1 aromatic carbocycles. The van der Waals surface area contributed by atoms with Crippen LogP contribution in [0.5, 0.6) is 0 Å². The lowest BCUT2D eigenvalue weighted by atomic mass is 10.1. The number of carbonyl (C=O) groups is 1. The van der Waals surface area contributed by atoms with Gasteiger partial charge in [-0.25, -0.2) is 4.98 Å². The van der Waals surface area contributed by atoms with Crippen LogP contribution in [0.25, 0.3) is 0 Å². The predicted octanol–water partition coefficient (Wildman–Crippen LogP) is 2.91. The molecular weight excluding hydrogens is 310 g/mol. The topological polar surface area (TPSA) is 64.0 Å². The molecule has 0 saturated carbocycles. The summed E-state index contributed by atoms with van der Waals surface area (Å²) in [6.45, 7) is 2.43. The Balaban J connectivity index is 1.88. The maximum Gasteiger partial charge on any atom is 0.263 e. The van der Waals surface area contributed by atoms with Crippen molar-refractivity contribution < 1.29 is 4.79 Å². The first-order valence-corrected chi connectivity index (χ1v) is 7.98. The van der Waals surface area contributed by atoms with Gasteiger partial charge in [-0.2, -0.15) is 0 Å². The van der Waals surface area contributed by atoms with Crippen LogP contribution in [0.2, 0.25) is 0 Å². The molecule has 1 amide bonds. The van der Waals surface area contributed by atoms with Crippen molar-refractivity contribution >= 4 is 22.4 Å². The lowest BCUT2D eigenvalue weighted by Crippen LogP contribution is -2.29. The molecule has 0 bridgehead atoms. The van der Waals surface area contributed by atoms with Crippen LogP contribution in [0.15, 0.2) is 59.0 Å². The van der Waals surface area contributed by atoms with Gasteiger partial charge in [0, 0.05) is 17.8 Å². The third-order valence-electron chi connectivity index (χ3n) is 3.52. The number of benzene rings is 1. The highest BCUT2D eigenvalue weighted by Crippen LogP contribution is 2.12. The lowest BCUT2D eigenvalue weighted by Gasteiger charge is -2.10. The fraction of sp³-hybridized carbons (Fsp3) is 0.118. The van der Waals surface area contributed by atoms with Crippen LogP contribution in [0.4, 0.5) is 5.13 Å². The van der Waals surface area contributed by atoms with Crippen LogP contribution in [-0.2, 0) is 6.54 Å². The summed E-state index contributed by atoms with van der Waals surface area (Å²) < 4.78 is 1.54. The van der Waals surface area contributed by atoms with E-state index < -0.39 is 5.91 Å². The predicted molar refractivity (Wildman–Crippen MR) is 91.1 cm³/mol. The molecule has 23 heavy (non-hydrogen) atoms. The monoisotopic (exact) mass is 325 g/mol.